The van der Waals surface area contributed by atoms with Crippen LogP contribution in [-0.2, 0) is 24.3 Å². The van der Waals surface area contributed by atoms with Gasteiger partial charge in [0.2, 0.25) is 10.0 Å². The highest BCUT2D eigenvalue weighted by molar-refractivity contribution is 7.89. The minimum absolute atomic E-state index is 0.0555. The standard InChI is InChI=1S/C20H26N2O5S/c1-3-17(4-2)22-19(23)14-27-20(24)11-12-21-28(25,26)18-10-9-15-7-5-6-8-16(15)13-18/h5-10,13,17,21H,3-4,11-12,14H2,1-2H3,(H,22,23). The van der Waals surface area contributed by atoms with E-state index in [1.807, 2.05) is 38.1 Å². The summed E-state index contributed by atoms with van der Waals surface area (Å²) in [5, 5.41) is 4.52. The third-order valence-electron chi connectivity index (χ3n) is 4.37. The predicted octanol–water partition coefficient (Wildman–Crippen LogP) is 2.36. The summed E-state index contributed by atoms with van der Waals surface area (Å²) in [6.45, 7) is 3.44. The summed E-state index contributed by atoms with van der Waals surface area (Å²) in [5.74, 6) is -1.00. The van der Waals surface area contributed by atoms with E-state index < -0.39 is 16.0 Å². The van der Waals surface area contributed by atoms with Gasteiger partial charge in [-0.05, 0) is 35.7 Å². The van der Waals surface area contributed by atoms with E-state index in [0.29, 0.717) is 0 Å². The van der Waals surface area contributed by atoms with Crippen molar-refractivity contribution in [2.75, 3.05) is 13.2 Å². The van der Waals surface area contributed by atoms with Crippen LogP contribution in [0.4, 0.5) is 0 Å². The SMILES string of the molecule is CCC(CC)NC(=O)COC(=O)CCNS(=O)(=O)c1ccc2ccccc2c1. The van der Waals surface area contributed by atoms with Crippen molar-refractivity contribution in [2.24, 2.45) is 0 Å². The molecule has 2 aromatic rings. The first-order valence-electron chi connectivity index (χ1n) is 9.29. The molecule has 0 aromatic heterocycles. The third-order valence-corrected chi connectivity index (χ3v) is 5.83. The van der Waals surface area contributed by atoms with E-state index in [-0.39, 0.29) is 36.4 Å². The summed E-state index contributed by atoms with van der Waals surface area (Å²) in [5.41, 5.74) is 0. The first kappa shape index (κ1) is 21.8. The normalized spacial score (nSPS) is 11.5. The van der Waals surface area contributed by atoms with Crippen molar-refractivity contribution in [1.82, 2.24) is 10.0 Å². The number of ether oxygens (including phenoxy) is 1. The molecule has 0 heterocycles. The third kappa shape index (κ3) is 6.31. The molecule has 0 unspecified atom stereocenters. The predicted molar refractivity (Wildman–Crippen MR) is 107 cm³/mol. The van der Waals surface area contributed by atoms with E-state index >= 15 is 0 Å². The smallest absolute Gasteiger partial charge is 0.307 e. The van der Waals surface area contributed by atoms with E-state index in [0.717, 1.165) is 23.6 Å². The average molecular weight is 407 g/mol. The fraction of sp³-hybridized carbons (Fsp3) is 0.400. The van der Waals surface area contributed by atoms with Crippen molar-refractivity contribution < 1.29 is 22.7 Å². The molecule has 0 bridgehead atoms. The van der Waals surface area contributed by atoms with E-state index in [4.69, 9.17) is 4.74 Å². The second-order valence-corrected chi connectivity index (χ2v) is 8.17. The van der Waals surface area contributed by atoms with Crippen molar-refractivity contribution >= 4 is 32.7 Å². The van der Waals surface area contributed by atoms with Crippen LogP contribution in [0, 0.1) is 0 Å². The number of benzene rings is 2. The summed E-state index contributed by atoms with van der Waals surface area (Å²) in [6.07, 6.45) is 1.44. The zero-order chi connectivity index (χ0) is 20.6. The molecule has 0 radical (unpaired) electrons. The molecule has 0 aliphatic rings. The largest absolute Gasteiger partial charge is 0.456 e. The molecule has 2 aromatic carbocycles. The second-order valence-electron chi connectivity index (χ2n) is 6.40. The van der Waals surface area contributed by atoms with E-state index in [1.165, 1.54) is 6.07 Å². The lowest BCUT2D eigenvalue weighted by molar-refractivity contribution is -0.148. The molecule has 0 fully saturated rings. The van der Waals surface area contributed by atoms with Gasteiger partial charge < -0.3 is 10.1 Å². The number of amides is 1. The number of carbonyl (C=O) groups excluding carboxylic acids is 2. The van der Waals surface area contributed by atoms with E-state index in [1.54, 1.807) is 12.1 Å². The number of sulfonamides is 1. The molecular weight excluding hydrogens is 380 g/mol. The number of esters is 1. The average Bonchev–Trinajstić information content (AvgIpc) is 2.70. The van der Waals surface area contributed by atoms with Gasteiger partial charge in [0.15, 0.2) is 6.61 Å². The lowest BCUT2D eigenvalue weighted by Crippen LogP contribution is -2.37. The van der Waals surface area contributed by atoms with E-state index in [9.17, 15) is 18.0 Å². The van der Waals surface area contributed by atoms with Crippen molar-refractivity contribution in [1.29, 1.82) is 0 Å². The zero-order valence-corrected chi connectivity index (χ0v) is 16.9. The number of carbonyl (C=O) groups is 2. The molecule has 0 aliphatic heterocycles. The van der Waals surface area contributed by atoms with Crippen LogP contribution < -0.4 is 10.0 Å². The van der Waals surface area contributed by atoms with Crippen LogP contribution in [0.3, 0.4) is 0 Å². The maximum Gasteiger partial charge on any atom is 0.307 e. The lowest BCUT2D eigenvalue weighted by Gasteiger charge is -2.14. The van der Waals surface area contributed by atoms with Crippen LogP contribution >= 0.6 is 0 Å². The Labute approximate surface area is 165 Å². The Bertz CT molecular complexity index is 923. The van der Waals surface area contributed by atoms with Crippen molar-refractivity contribution in [3.63, 3.8) is 0 Å². The number of hydrogen-bond donors (Lipinski definition) is 2. The number of rotatable bonds is 10. The maximum atomic E-state index is 12.4. The first-order valence-corrected chi connectivity index (χ1v) is 10.8. The van der Waals surface area contributed by atoms with Gasteiger partial charge in [-0.2, -0.15) is 0 Å². The molecule has 2 N–H and O–H groups in total. The minimum Gasteiger partial charge on any atom is -0.456 e. The Morgan fingerprint density at radius 2 is 1.71 bits per heavy atom. The summed E-state index contributed by atoms with van der Waals surface area (Å²) >= 11 is 0. The van der Waals surface area contributed by atoms with Gasteiger partial charge in [0.1, 0.15) is 0 Å². The molecule has 152 valence electrons. The molecule has 1 amide bonds. The fourth-order valence-corrected chi connectivity index (χ4v) is 3.75. The number of nitrogens with one attached hydrogen (secondary N) is 2. The summed E-state index contributed by atoms with van der Waals surface area (Å²) in [6, 6.07) is 12.3. The van der Waals surface area contributed by atoms with Crippen LogP contribution in [0.2, 0.25) is 0 Å². The second kappa shape index (κ2) is 10.2. The Morgan fingerprint density at radius 3 is 2.39 bits per heavy atom. The molecular formula is C20H26N2O5S. The van der Waals surface area contributed by atoms with Gasteiger partial charge in [-0.25, -0.2) is 13.1 Å². The summed E-state index contributed by atoms with van der Waals surface area (Å²) < 4.78 is 32.0. The van der Waals surface area contributed by atoms with Crippen LogP contribution in [-0.4, -0.2) is 39.5 Å². The molecule has 0 spiro atoms. The van der Waals surface area contributed by atoms with Gasteiger partial charge in [-0.3, -0.25) is 9.59 Å². The highest BCUT2D eigenvalue weighted by atomic mass is 32.2. The Kier molecular flexibility index (Phi) is 7.95. The van der Waals surface area contributed by atoms with Crippen molar-refractivity contribution in [2.45, 2.75) is 44.0 Å². The first-order chi connectivity index (χ1) is 13.4. The molecule has 28 heavy (non-hydrogen) atoms. The van der Waals surface area contributed by atoms with Gasteiger partial charge in [-0.15, -0.1) is 0 Å². The van der Waals surface area contributed by atoms with Gasteiger partial charge in [0.05, 0.1) is 11.3 Å². The Morgan fingerprint density at radius 1 is 1.04 bits per heavy atom. The molecule has 0 saturated heterocycles. The van der Waals surface area contributed by atoms with Crippen LogP contribution in [0.5, 0.6) is 0 Å². The minimum atomic E-state index is -3.74. The highest BCUT2D eigenvalue weighted by Gasteiger charge is 2.16. The monoisotopic (exact) mass is 406 g/mol. The number of fused-ring (bicyclic) bond motifs is 1. The molecule has 0 aliphatic carbocycles. The lowest BCUT2D eigenvalue weighted by atomic mass is 10.1. The quantitative estimate of drug-likeness (QED) is 0.590. The molecule has 0 atom stereocenters. The number of hydrogen-bond acceptors (Lipinski definition) is 5. The Hall–Kier alpha value is -2.45. The molecule has 7 nitrogen and oxygen atoms in total. The highest BCUT2D eigenvalue weighted by Crippen LogP contribution is 2.18. The van der Waals surface area contributed by atoms with Gasteiger partial charge in [0, 0.05) is 12.6 Å². The fourth-order valence-electron chi connectivity index (χ4n) is 2.69. The molecule has 8 heteroatoms. The van der Waals surface area contributed by atoms with Gasteiger partial charge in [-0.1, -0.05) is 44.2 Å². The van der Waals surface area contributed by atoms with Crippen LogP contribution in [0.25, 0.3) is 10.8 Å². The van der Waals surface area contributed by atoms with Gasteiger partial charge >= 0.3 is 5.97 Å². The summed E-state index contributed by atoms with van der Waals surface area (Å²) in [4.78, 5) is 23.6. The topological polar surface area (TPSA) is 102 Å². The van der Waals surface area contributed by atoms with E-state index in [2.05, 4.69) is 10.0 Å². The van der Waals surface area contributed by atoms with Crippen LogP contribution in [0.15, 0.2) is 47.4 Å². The maximum absolute atomic E-state index is 12.4. The molecule has 2 rings (SSSR count). The van der Waals surface area contributed by atoms with Crippen molar-refractivity contribution in [3.05, 3.63) is 42.5 Å². The van der Waals surface area contributed by atoms with Crippen molar-refractivity contribution in [3.8, 4) is 0 Å². The Balaban J connectivity index is 1.81. The molecule has 0 saturated carbocycles. The van der Waals surface area contributed by atoms with Gasteiger partial charge in [0.25, 0.3) is 5.91 Å². The summed E-state index contributed by atoms with van der Waals surface area (Å²) in [7, 11) is -3.74. The van der Waals surface area contributed by atoms with Crippen LogP contribution in [0.1, 0.15) is 33.1 Å². The zero-order valence-electron chi connectivity index (χ0n) is 16.1.